The van der Waals surface area contributed by atoms with Crippen molar-refractivity contribution < 1.29 is 4.79 Å². The zero-order chi connectivity index (χ0) is 11.7. The Bertz CT molecular complexity index is 543. The van der Waals surface area contributed by atoms with Gasteiger partial charge in [-0.25, -0.2) is 0 Å². The third-order valence-corrected chi connectivity index (χ3v) is 2.61. The highest BCUT2D eigenvalue weighted by atomic mass is 16.1. The summed E-state index contributed by atoms with van der Waals surface area (Å²) in [6.07, 6.45) is 2.51. The van der Waals surface area contributed by atoms with Crippen molar-refractivity contribution in [3.05, 3.63) is 35.5 Å². The average Bonchev–Trinajstić information content (AvgIpc) is 2.60. The Kier molecular flexibility index (Phi) is 2.48. The fraction of sp³-hybridized carbons (Fsp3) is 0.167. The van der Waals surface area contributed by atoms with Crippen LogP contribution in [0.4, 0.5) is 5.82 Å². The van der Waals surface area contributed by atoms with E-state index in [4.69, 9.17) is 5.73 Å². The summed E-state index contributed by atoms with van der Waals surface area (Å²) in [7, 11) is 1.77. The standard InChI is InChI=1S/C12H13N3O/c1-8-3-4-9(7-16)10(5-8)11-6-14-15(2)12(11)13/h3-7H,13H2,1-2H3. The maximum Gasteiger partial charge on any atom is 0.150 e. The summed E-state index contributed by atoms with van der Waals surface area (Å²) >= 11 is 0. The van der Waals surface area contributed by atoms with E-state index in [0.717, 1.165) is 23.0 Å². The van der Waals surface area contributed by atoms with Gasteiger partial charge in [-0.05, 0) is 12.5 Å². The first-order valence-corrected chi connectivity index (χ1v) is 4.97. The Labute approximate surface area is 93.7 Å². The smallest absolute Gasteiger partial charge is 0.150 e. The minimum Gasteiger partial charge on any atom is -0.383 e. The van der Waals surface area contributed by atoms with Crippen LogP contribution in [0, 0.1) is 6.92 Å². The number of nitrogen functional groups attached to an aromatic ring is 1. The second kappa shape index (κ2) is 3.81. The number of aryl methyl sites for hydroxylation is 2. The SMILES string of the molecule is Cc1ccc(C=O)c(-c2cnn(C)c2N)c1. The number of aldehydes is 1. The van der Waals surface area contributed by atoms with E-state index < -0.39 is 0 Å². The molecular weight excluding hydrogens is 202 g/mol. The average molecular weight is 215 g/mol. The van der Waals surface area contributed by atoms with Crippen LogP contribution in [0.25, 0.3) is 11.1 Å². The van der Waals surface area contributed by atoms with Gasteiger partial charge in [-0.1, -0.05) is 23.8 Å². The van der Waals surface area contributed by atoms with Crippen LogP contribution in [0.1, 0.15) is 15.9 Å². The molecule has 4 heteroatoms. The van der Waals surface area contributed by atoms with Crippen molar-refractivity contribution in [2.24, 2.45) is 7.05 Å². The molecule has 0 unspecified atom stereocenters. The summed E-state index contributed by atoms with van der Waals surface area (Å²) in [6.45, 7) is 1.98. The maximum absolute atomic E-state index is 11.0. The normalized spacial score (nSPS) is 10.4. The van der Waals surface area contributed by atoms with E-state index in [0.29, 0.717) is 11.4 Å². The van der Waals surface area contributed by atoms with Gasteiger partial charge in [-0.15, -0.1) is 0 Å². The van der Waals surface area contributed by atoms with Gasteiger partial charge >= 0.3 is 0 Å². The van der Waals surface area contributed by atoms with Gasteiger partial charge in [-0.2, -0.15) is 5.10 Å². The maximum atomic E-state index is 11.0. The van der Waals surface area contributed by atoms with E-state index in [-0.39, 0.29) is 0 Å². The molecular formula is C12H13N3O. The number of rotatable bonds is 2. The van der Waals surface area contributed by atoms with Crippen molar-refractivity contribution in [1.29, 1.82) is 0 Å². The molecule has 0 radical (unpaired) electrons. The molecule has 0 bridgehead atoms. The number of benzene rings is 1. The van der Waals surface area contributed by atoms with Crippen molar-refractivity contribution in [1.82, 2.24) is 9.78 Å². The second-order valence-corrected chi connectivity index (χ2v) is 3.78. The van der Waals surface area contributed by atoms with Gasteiger partial charge in [0.15, 0.2) is 6.29 Å². The molecule has 0 saturated heterocycles. The zero-order valence-electron chi connectivity index (χ0n) is 9.27. The van der Waals surface area contributed by atoms with Crippen molar-refractivity contribution in [3.63, 3.8) is 0 Å². The summed E-state index contributed by atoms with van der Waals surface area (Å²) in [5.41, 5.74) is 9.24. The fourth-order valence-electron chi connectivity index (χ4n) is 1.66. The van der Waals surface area contributed by atoms with Gasteiger partial charge in [0.1, 0.15) is 5.82 Å². The molecule has 0 atom stereocenters. The van der Waals surface area contributed by atoms with Crippen LogP contribution in [-0.4, -0.2) is 16.1 Å². The molecule has 2 aromatic rings. The van der Waals surface area contributed by atoms with Gasteiger partial charge < -0.3 is 5.73 Å². The van der Waals surface area contributed by atoms with E-state index in [1.165, 1.54) is 0 Å². The van der Waals surface area contributed by atoms with Crippen molar-refractivity contribution in [3.8, 4) is 11.1 Å². The van der Waals surface area contributed by atoms with Gasteiger partial charge in [0, 0.05) is 18.2 Å². The highest BCUT2D eigenvalue weighted by Crippen LogP contribution is 2.28. The van der Waals surface area contributed by atoms with Crippen LogP contribution in [0.5, 0.6) is 0 Å². The summed E-state index contributed by atoms with van der Waals surface area (Å²) in [6, 6.07) is 5.64. The molecule has 1 heterocycles. The molecule has 82 valence electrons. The van der Waals surface area contributed by atoms with Gasteiger partial charge in [-0.3, -0.25) is 9.48 Å². The predicted octanol–water partition coefficient (Wildman–Crippen LogP) is 1.79. The van der Waals surface area contributed by atoms with E-state index in [2.05, 4.69) is 5.10 Å². The van der Waals surface area contributed by atoms with E-state index in [9.17, 15) is 4.79 Å². The van der Waals surface area contributed by atoms with Gasteiger partial charge in [0.05, 0.1) is 6.20 Å². The Morgan fingerprint density at radius 2 is 2.12 bits per heavy atom. The molecule has 0 aliphatic heterocycles. The number of nitrogens with zero attached hydrogens (tertiary/aromatic N) is 2. The highest BCUT2D eigenvalue weighted by molar-refractivity contribution is 5.90. The Morgan fingerprint density at radius 3 is 2.69 bits per heavy atom. The zero-order valence-corrected chi connectivity index (χ0v) is 9.27. The molecule has 4 nitrogen and oxygen atoms in total. The molecule has 2 rings (SSSR count). The van der Waals surface area contributed by atoms with Crippen molar-refractivity contribution in [2.45, 2.75) is 6.92 Å². The monoisotopic (exact) mass is 215 g/mol. The summed E-state index contributed by atoms with van der Waals surface area (Å²) in [4.78, 5) is 11.0. The van der Waals surface area contributed by atoms with E-state index in [1.807, 2.05) is 19.1 Å². The lowest BCUT2D eigenvalue weighted by molar-refractivity contribution is 0.112. The van der Waals surface area contributed by atoms with E-state index >= 15 is 0 Å². The predicted molar refractivity (Wildman–Crippen MR) is 63.2 cm³/mol. The molecule has 0 fully saturated rings. The topological polar surface area (TPSA) is 60.9 Å². The van der Waals surface area contributed by atoms with Crippen LogP contribution in [-0.2, 0) is 7.05 Å². The van der Waals surface area contributed by atoms with E-state index in [1.54, 1.807) is 24.0 Å². The number of hydrogen-bond donors (Lipinski definition) is 1. The summed E-state index contributed by atoms with van der Waals surface area (Å²) in [5.74, 6) is 0.564. The second-order valence-electron chi connectivity index (χ2n) is 3.78. The highest BCUT2D eigenvalue weighted by Gasteiger charge is 2.11. The molecule has 0 aliphatic rings. The number of nitrogens with two attached hydrogens (primary N) is 1. The van der Waals surface area contributed by atoms with Crippen molar-refractivity contribution in [2.75, 3.05) is 5.73 Å². The molecule has 0 amide bonds. The molecule has 0 saturated carbocycles. The number of carbonyl (C=O) groups excluding carboxylic acids is 1. The summed E-state index contributed by atoms with van der Waals surface area (Å²) in [5, 5.41) is 4.07. The van der Waals surface area contributed by atoms with Gasteiger partial charge in [0.2, 0.25) is 0 Å². The molecule has 16 heavy (non-hydrogen) atoms. The third-order valence-electron chi connectivity index (χ3n) is 2.61. The minimum atomic E-state index is 0.564. The summed E-state index contributed by atoms with van der Waals surface area (Å²) < 4.78 is 1.59. The first kappa shape index (κ1) is 10.4. The number of aromatic nitrogens is 2. The Morgan fingerprint density at radius 1 is 1.38 bits per heavy atom. The van der Waals surface area contributed by atoms with Crippen LogP contribution in [0.15, 0.2) is 24.4 Å². The Balaban J connectivity index is 2.67. The van der Waals surface area contributed by atoms with Crippen LogP contribution in [0.3, 0.4) is 0 Å². The molecule has 0 spiro atoms. The third kappa shape index (κ3) is 1.58. The number of hydrogen-bond acceptors (Lipinski definition) is 3. The fourth-order valence-corrected chi connectivity index (χ4v) is 1.66. The molecule has 0 aliphatic carbocycles. The number of anilines is 1. The minimum absolute atomic E-state index is 0.564. The lowest BCUT2D eigenvalue weighted by Gasteiger charge is -2.05. The molecule has 1 aromatic carbocycles. The van der Waals surface area contributed by atoms with Crippen molar-refractivity contribution >= 4 is 12.1 Å². The van der Waals surface area contributed by atoms with Crippen LogP contribution >= 0.6 is 0 Å². The Hall–Kier alpha value is -2.10. The first-order chi connectivity index (χ1) is 7.63. The van der Waals surface area contributed by atoms with Gasteiger partial charge in [0.25, 0.3) is 0 Å². The first-order valence-electron chi connectivity index (χ1n) is 4.97. The number of carbonyl (C=O) groups is 1. The lowest BCUT2D eigenvalue weighted by Crippen LogP contribution is -1.99. The molecule has 1 aromatic heterocycles. The largest absolute Gasteiger partial charge is 0.383 e. The van der Waals surface area contributed by atoms with Crippen LogP contribution < -0.4 is 5.73 Å². The molecule has 2 N–H and O–H groups in total. The van der Waals surface area contributed by atoms with Crippen LogP contribution in [0.2, 0.25) is 0 Å². The quantitative estimate of drug-likeness (QED) is 0.777. The lowest BCUT2D eigenvalue weighted by atomic mass is 10.0.